The summed E-state index contributed by atoms with van der Waals surface area (Å²) < 4.78 is 5.43. The molecular weight excluding hydrogens is 292 g/mol. The Kier molecular flexibility index (Phi) is 3.29. The number of rotatable bonds is 2. The van der Waals surface area contributed by atoms with Crippen LogP contribution in [0.25, 0.3) is 11.0 Å². The van der Waals surface area contributed by atoms with Crippen LogP contribution in [0.1, 0.15) is 19.8 Å². The third-order valence-electron chi connectivity index (χ3n) is 3.85. The lowest BCUT2D eigenvalue weighted by atomic mass is 9.94. The average molecular weight is 309 g/mol. The first-order chi connectivity index (χ1) is 8.75. The highest BCUT2D eigenvalue weighted by Gasteiger charge is 2.24. The Labute approximate surface area is 115 Å². The second-order valence-corrected chi connectivity index (χ2v) is 6.41. The van der Waals surface area contributed by atoms with E-state index in [1.54, 1.807) is 6.26 Å². The lowest BCUT2D eigenvalue weighted by Crippen LogP contribution is -2.36. The number of pyridine rings is 1. The van der Waals surface area contributed by atoms with Gasteiger partial charge in [0.15, 0.2) is 0 Å². The van der Waals surface area contributed by atoms with Crippen LogP contribution >= 0.6 is 15.9 Å². The van der Waals surface area contributed by atoms with Gasteiger partial charge < -0.3 is 9.32 Å². The number of halogens is 1. The van der Waals surface area contributed by atoms with E-state index in [1.807, 2.05) is 18.3 Å². The maximum absolute atomic E-state index is 5.43. The van der Waals surface area contributed by atoms with Crippen LogP contribution in [0.4, 0.5) is 5.82 Å². The maximum atomic E-state index is 5.43. The number of fused-ring (bicyclic) bond motifs is 1. The van der Waals surface area contributed by atoms with Gasteiger partial charge in [0, 0.05) is 24.1 Å². The van der Waals surface area contributed by atoms with Gasteiger partial charge in [-0.3, -0.25) is 0 Å². The Morgan fingerprint density at radius 2 is 2.17 bits per heavy atom. The molecule has 0 radical (unpaired) electrons. The smallest absolute Gasteiger partial charge is 0.139 e. The Hall–Kier alpha value is -1.03. The minimum atomic E-state index is 0.609. The number of furan rings is 1. The Bertz CT molecular complexity index is 529. The minimum absolute atomic E-state index is 0.609. The van der Waals surface area contributed by atoms with E-state index >= 15 is 0 Å². The van der Waals surface area contributed by atoms with Gasteiger partial charge in [0.2, 0.25) is 0 Å². The zero-order chi connectivity index (χ0) is 12.5. The monoisotopic (exact) mass is 308 g/mol. The summed E-state index contributed by atoms with van der Waals surface area (Å²) in [4.78, 5) is 7.51. The lowest BCUT2D eigenvalue weighted by Gasteiger charge is -2.34. The molecule has 0 N–H and O–H groups in total. The molecule has 0 saturated carbocycles. The molecule has 2 aromatic rings. The van der Waals surface area contributed by atoms with Crippen molar-refractivity contribution in [2.75, 3.05) is 18.0 Å². The van der Waals surface area contributed by atoms with E-state index in [2.05, 4.69) is 32.7 Å². The molecule has 0 aliphatic carbocycles. The summed E-state index contributed by atoms with van der Waals surface area (Å²) in [6.07, 6.45) is 6.02. The first-order valence-electron chi connectivity index (χ1n) is 6.47. The number of alkyl halides is 1. The van der Waals surface area contributed by atoms with Gasteiger partial charge in [0.1, 0.15) is 11.4 Å². The van der Waals surface area contributed by atoms with Crippen LogP contribution in [-0.2, 0) is 0 Å². The van der Waals surface area contributed by atoms with Crippen molar-refractivity contribution < 1.29 is 4.42 Å². The standard InChI is InChI=1S/C14H17BrN2O/c1-10(15)11-3-7-17(8-4-11)14-12-5-9-18-13(12)2-6-16-14/h2,5-6,9-11H,3-4,7-8H2,1H3. The molecule has 3 nitrogen and oxygen atoms in total. The summed E-state index contributed by atoms with van der Waals surface area (Å²) >= 11 is 3.70. The van der Waals surface area contributed by atoms with E-state index in [0.717, 1.165) is 35.8 Å². The van der Waals surface area contributed by atoms with Crippen molar-refractivity contribution in [1.82, 2.24) is 4.98 Å². The second-order valence-electron chi connectivity index (χ2n) is 4.97. The molecule has 0 amide bonds. The third kappa shape index (κ3) is 2.14. The van der Waals surface area contributed by atoms with Gasteiger partial charge in [-0.2, -0.15) is 0 Å². The first kappa shape index (κ1) is 12.0. The maximum Gasteiger partial charge on any atom is 0.139 e. The summed E-state index contributed by atoms with van der Waals surface area (Å²) in [5.41, 5.74) is 0.927. The molecule has 1 atom stereocenters. The van der Waals surface area contributed by atoms with Gasteiger partial charge in [-0.05, 0) is 30.9 Å². The van der Waals surface area contributed by atoms with E-state index < -0.39 is 0 Å². The predicted octanol–water partition coefficient (Wildman–Crippen LogP) is 3.83. The molecule has 0 bridgehead atoms. The lowest BCUT2D eigenvalue weighted by molar-refractivity contribution is 0.406. The van der Waals surface area contributed by atoms with Crippen molar-refractivity contribution in [2.45, 2.75) is 24.6 Å². The van der Waals surface area contributed by atoms with Crippen molar-refractivity contribution in [2.24, 2.45) is 5.92 Å². The molecule has 1 fully saturated rings. The van der Waals surface area contributed by atoms with Crippen LogP contribution in [0.3, 0.4) is 0 Å². The van der Waals surface area contributed by atoms with Gasteiger partial charge in [-0.25, -0.2) is 4.98 Å². The van der Waals surface area contributed by atoms with Crippen LogP contribution in [0.2, 0.25) is 0 Å². The van der Waals surface area contributed by atoms with E-state index in [-0.39, 0.29) is 0 Å². The number of hydrogen-bond donors (Lipinski definition) is 0. The number of nitrogens with zero attached hydrogens (tertiary/aromatic N) is 2. The van der Waals surface area contributed by atoms with Crippen molar-refractivity contribution in [3.8, 4) is 0 Å². The fraction of sp³-hybridized carbons (Fsp3) is 0.500. The van der Waals surface area contributed by atoms with Crippen LogP contribution in [-0.4, -0.2) is 22.9 Å². The van der Waals surface area contributed by atoms with Crippen LogP contribution in [0.15, 0.2) is 29.0 Å². The molecule has 1 saturated heterocycles. The topological polar surface area (TPSA) is 29.3 Å². The molecule has 1 aliphatic rings. The minimum Gasteiger partial charge on any atom is -0.464 e. The fourth-order valence-electron chi connectivity index (χ4n) is 2.70. The highest BCUT2D eigenvalue weighted by molar-refractivity contribution is 9.09. The average Bonchev–Trinajstić information content (AvgIpc) is 2.87. The molecular formula is C14H17BrN2O. The second kappa shape index (κ2) is 4.92. The molecule has 3 heterocycles. The molecule has 2 aromatic heterocycles. The van der Waals surface area contributed by atoms with Gasteiger partial charge in [-0.1, -0.05) is 22.9 Å². The summed E-state index contributed by atoms with van der Waals surface area (Å²) in [7, 11) is 0. The van der Waals surface area contributed by atoms with Crippen molar-refractivity contribution in [1.29, 1.82) is 0 Å². The number of piperidine rings is 1. The molecule has 96 valence electrons. The Morgan fingerprint density at radius 3 is 2.89 bits per heavy atom. The quantitative estimate of drug-likeness (QED) is 0.790. The van der Waals surface area contributed by atoms with Gasteiger partial charge in [0.25, 0.3) is 0 Å². The van der Waals surface area contributed by atoms with Crippen molar-refractivity contribution in [3.05, 3.63) is 24.6 Å². The van der Waals surface area contributed by atoms with E-state index in [0.29, 0.717) is 4.83 Å². The summed E-state index contributed by atoms with van der Waals surface area (Å²) in [6, 6.07) is 3.93. The SMILES string of the molecule is CC(Br)C1CCN(c2nccc3occc23)CC1. The Morgan fingerprint density at radius 1 is 1.39 bits per heavy atom. The summed E-state index contributed by atoms with van der Waals surface area (Å²) in [5.74, 6) is 1.85. The fourth-order valence-corrected chi connectivity index (χ4v) is 3.23. The zero-order valence-corrected chi connectivity index (χ0v) is 12.1. The van der Waals surface area contributed by atoms with Crippen molar-refractivity contribution >= 4 is 32.7 Å². The third-order valence-corrected chi connectivity index (χ3v) is 4.60. The van der Waals surface area contributed by atoms with Crippen LogP contribution in [0.5, 0.6) is 0 Å². The van der Waals surface area contributed by atoms with E-state index in [1.165, 1.54) is 12.8 Å². The predicted molar refractivity (Wildman–Crippen MR) is 77.3 cm³/mol. The van der Waals surface area contributed by atoms with Gasteiger partial charge in [-0.15, -0.1) is 0 Å². The molecule has 18 heavy (non-hydrogen) atoms. The van der Waals surface area contributed by atoms with Crippen LogP contribution in [0, 0.1) is 5.92 Å². The molecule has 1 aliphatic heterocycles. The Balaban J connectivity index is 1.82. The van der Waals surface area contributed by atoms with Crippen molar-refractivity contribution in [3.63, 3.8) is 0 Å². The molecule has 4 heteroatoms. The molecule has 1 unspecified atom stereocenters. The number of aromatic nitrogens is 1. The normalized spacial score (nSPS) is 19.3. The number of anilines is 1. The first-order valence-corrected chi connectivity index (χ1v) is 7.38. The van der Waals surface area contributed by atoms with E-state index in [4.69, 9.17) is 4.42 Å². The van der Waals surface area contributed by atoms with Gasteiger partial charge in [0.05, 0.1) is 11.6 Å². The highest BCUT2D eigenvalue weighted by atomic mass is 79.9. The van der Waals surface area contributed by atoms with Gasteiger partial charge >= 0.3 is 0 Å². The summed E-state index contributed by atoms with van der Waals surface area (Å²) in [6.45, 7) is 4.41. The number of hydrogen-bond acceptors (Lipinski definition) is 3. The molecule has 3 rings (SSSR count). The largest absolute Gasteiger partial charge is 0.464 e. The molecule has 0 spiro atoms. The van der Waals surface area contributed by atoms with Crippen LogP contribution < -0.4 is 4.90 Å². The summed E-state index contributed by atoms with van der Waals surface area (Å²) in [5, 5.41) is 1.13. The molecule has 0 aromatic carbocycles. The van der Waals surface area contributed by atoms with E-state index in [9.17, 15) is 0 Å². The zero-order valence-electron chi connectivity index (χ0n) is 10.5. The highest BCUT2D eigenvalue weighted by Crippen LogP contribution is 2.31.